The van der Waals surface area contributed by atoms with Crippen LogP contribution in [0.5, 0.6) is 0 Å². The van der Waals surface area contributed by atoms with Gasteiger partial charge in [-0.3, -0.25) is 0 Å². The average Bonchev–Trinajstić information content (AvgIpc) is 3.26. The van der Waals surface area contributed by atoms with E-state index < -0.39 is 0 Å². The van der Waals surface area contributed by atoms with E-state index in [2.05, 4.69) is 60.8 Å². The molecule has 1 aliphatic rings. The summed E-state index contributed by atoms with van der Waals surface area (Å²) < 4.78 is 0. The highest BCUT2D eigenvalue weighted by molar-refractivity contribution is 5.28. The van der Waals surface area contributed by atoms with Gasteiger partial charge in [0.15, 0.2) is 0 Å². The Hall–Kier alpha value is -1.60. The van der Waals surface area contributed by atoms with E-state index in [1.54, 1.807) is 0 Å². The first-order valence-corrected chi connectivity index (χ1v) is 7.16. The summed E-state index contributed by atoms with van der Waals surface area (Å²) in [4.78, 5) is 0. The molecular weight excluding hydrogens is 230 g/mol. The van der Waals surface area contributed by atoms with Crippen LogP contribution in [0.25, 0.3) is 0 Å². The minimum absolute atomic E-state index is 0.856. The Bertz CT molecular complexity index is 521. The van der Waals surface area contributed by atoms with Crippen molar-refractivity contribution in [3.05, 3.63) is 70.8 Å². The molecule has 98 valence electrons. The second kappa shape index (κ2) is 5.58. The Labute approximate surface area is 115 Å². The zero-order valence-electron chi connectivity index (χ0n) is 11.5. The molecule has 2 aromatic rings. The normalized spacial score (nSPS) is 14.6. The van der Waals surface area contributed by atoms with Crippen LogP contribution < -0.4 is 5.32 Å². The fourth-order valence-corrected chi connectivity index (χ4v) is 2.38. The van der Waals surface area contributed by atoms with Crippen LogP contribution >= 0.6 is 0 Å². The zero-order chi connectivity index (χ0) is 13.1. The molecule has 0 bridgehead atoms. The first-order valence-electron chi connectivity index (χ1n) is 7.16. The lowest BCUT2D eigenvalue weighted by atomic mass is 10.1. The van der Waals surface area contributed by atoms with Gasteiger partial charge in [0.05, 0.1) is 0 Å². The molecule has 0 unspecified atom stereocenters. The average molecular weight is 251 g/mol. The predicted octanol–water partition coefficient (Wildman–Crippen LogP) is 4.16. The maximum Gasteiger partial charge on any atom is 0.0208 e. The number of benzene rings is 2. The van der Waals surface area contributed by atoms with Gasteiger partial charge in [-0.2, -0.15) is 0 Å². The van der Waals surface area contributed by atoms with Gasteiger partial charge in [-0.1, -0.05) is 54.1 Å². The number of hydrogen-bond acceptors (Lipinski definition) is 1. The van der Waals surface area contributed by atoms with Crippen LogP contribution in [-0.4, -0.2) is 0 Å². The van der Waals surface area contributed by atoms with E-state index in [9.17, 15) is 0 Å². The van der Waals surface area contributed by atoms with E-state index in [1.165, 1.54) is 35.1 Å². The predicted molar refractivity (Wildman–Crippen MR) is 80.1 cm³/mol. The summed E-state index contributed by atoms with van der Waals surface area (Å²) in [5.41, 5.74) is 5.55. The van der Waals surface area contributed by atoms with Gasteiger partial charge in [-0.15, -0.1) is 0 Å². The van der Waals surface area contributed by atoms with Crippen molar-refractivity contribution in [2.24, 2.45) is 0 Å². The molecule has 1 N–H and O–H groups in total. The Morgan fingerprint density at radius 2 is 1.37 bits per heavy atom. The molecule has 2 aromatic carbocycles. The fraction of sp³-hybridized carbons (Fsp3) is 0.333. The molecule has 0 amide bonds. The summed E-state index contributed by atoms with van der Waals surface area (Å²) in [7, 11) is 0. The van der Waals surface area contributed by atoms with Crippen molar-refractivity contribution in [3.8, 4) is 0 Å². The van der Waals surface area contributed by atoms with E-state index in [0.29, 0.717) is 0 Å². The van der Waals surface area contributed by atoms with Crippen LogP contribution in [0.4, 0.5) is 0 Å². The van der Waals surface area contributed by atoms with Gasteiger partial charge in [0.2, 0.25) is 0 Å². The molecule has 0 atom stereocenters. The minimum Gasteiger partial charge on any atom is -0.309 e. The number of hydrogen-bond donors (Lipinski definition) is 1. The van der Waals surface area contributed by atoms with Crippen molar-refractivity contribution in [3.63, 3.8) is 0 Å². The van der Waals surface area contributed by atoms with E-state index >= 15 is 0 Å². The SMILES string of the molecule is Cc1ccc(CNCc2ccc(C3CC3)cc2)cc1. The summed E-state index contributed by atoms with van der Waals surface area (Å²) in [6.45, 7) is 4.00. The molecule has 1 saturated carbocycles. The number of rotatable bonds is 5. The van der Waals surface area contributed by atoms with Crippen LogP contribution in [0.1, 0.15) is 41.0 Å². The van der Waals surface area contributed by atoms with E-state index in [-0.39, 0.29) is 0 Å². The molecule has 1 aliphatic carbocycles. The van der Waals surface area contributed by atoms with Crippen molar-refractivity contribution < 1.29 is 0 Å². The molecule has 0 saturated heterocycles. The molecule has 0 heterocycles. The minimum atomic E-state index is 0.856. The summed E-state index contributed by atoms with van der Waals surface area (Å²) in [6.07, 6.45) is 2.76. The molecular formula is C18H21N. The molecule has 3 rings (SSSR count). The lowest BCUT2D eigenvalue weighted by molar-refractivity contribution is 0.693. The van der Waals surface area contributed by atoms with Crippen molar-refractivity contribution >= 4 is 0 Å². The first-order chi connectivity index (χ1) is 9.31. The molecule has 19 heavy (non-hydrogen) atoms. The topological polar surface area (TPSA) is 12.0 Å². The van der Waals surface area contributed by atoms with Crippen molar-refractivity contribution in [1.82, 2.24) is 5.32 Å². The van der Waals surface area contributed by atoms with E-state index in [0.717, 1.165) is 19.0 Å². The molecule has 0 aromatic heterocycles. The maximum atomic E-state index is 3.50. The van der Waals surface area contributed by atoms with Crippen LogP contribution in [0.15, 0.2) is 48.5 Å². The molecule has 0 radical (unpaired) electrons. The highest BCUT2D eigenvalue weighted by Gasteiger charge is 2.22. The summed E-state index contributed by atoms with van der Waals surface area (Å²) >= 11 is 0. The maximum absolute atomic E-state index is 3.50. The highest BCUT2D eigenvalue weighted by Crippen LogP contribution is 2.39. The van der Waals surface area contributed by atoms with Gasteiger partial charge >= 0.3 is 0 Å². The van der Waals surface area contributed by atoms with Crippen LogP contribution in [0, 0.1) is 6.92 Å². The van der Waals surface area contributed by atoms with Crippen molar-refractivity contribution in [2.75, 3.05) is 0 Å². The fourth-order valence-electron chi connectivity index (χ4n) is 2.38. The molecule has 1 heteroatoms. The van der Waals surface area contributed by atoms with Gasteiger partial charge in [0, 0.05) is 13.1 Å². The summed E-state index contributed by atoms with van der Waals surface area (Å²) in [5.74, 6) is 0.856. The van der Waals surface area contributed by atoms with Crippen molar-refractivity contribution in [2.45, 2.75) is 38.8 Å². The summed E-state index contributed by atoms with van der Waals surface area (Å²) in [6, 6.07) is 17.8. The quantitative estimate of drug-likeness (QED) is 0.841. The lowest BCUT2D eigenvalue weighted by Crippen LogP contribution is -2.12. The third kappa shape index (κ3) is 3.45. The second-order valence-electron chi connectivity index (χ2n) is 5.61. The van der Waals surface area contributed by atoms with Crippen LogP contribution in [0.2, 0.25) is 0 Å². The monoisotopic (exact) mass is 251 g/mol. The Kier molecular flexibility index (Phi) is 3.65. The highest BCUT2D eigenvalue weighted by atomic mass is 14.8. The molecule has 1 nitrogen and oxygen atoms in total. The molecule has 1 fully saturated rings. The van der Waals surface area contributed by atoms with Crippen molar-refractivity contribution in [1.29, 1.82) is 0 Å². The van der Waals surface area contributed by atoms with Gasteiger partial charge in [-0.05, 0) is 42.4 Å². The first kappa shape index (κ1) is 12.4. The smallest absolute Gasteiger partial charge is 0.0208 e. The van der Waals surface area contributed by atoms with Gasteiger partial charge in [0.25, 0.3) is 0 Å². The summed E-state index contributed by atoms with van der Waals surface area (Å²) in [5, 5.41) is 3.50. The number of nitrogens with one attached hydrogen (secondary N) is 1. The largest absolute Gasteiger partial charge is 0.309 e. The molecule has 0 aliphatic heterocycles. The van der Waals surface area contributed by atoms with Gasteiger partial charge in [0.1, 0.15) is 0 Å². The van der Waals surface area contributed by atoms with E-state index in [4.69, 9.17) is 0 Å². The van der Waals surface area contributed by atoms with Crippen LogP contribution in [0.3, 0.4) is 0 Å². The number of aryl methyl sites for hydroxylation is 1. The standard InChI is InChI=1S/C18H21N/c1-14-2-4-15(5-3-14)12-19-13-16-6-8-17(9-7-16)18-10-11-18/h2-9,18-19H,10-13H2,1H3. The Morgan fingerprint density at radius 1 is 0.842 bits per heavy atom. The zero-order valence-corrected chi connectivity index (χ0v) is 11.5. The lowest BCUT2D eigenvalue weighted by Gasteiger charge is -2.06. The van der Waals surface area contributed by atoms with Gasteiger partial charge < -0.3 is 5.32 Å². The van der Waals surface area contributed by atoms with Crippen LogP contribution in [-0.2, 0) is 13.1 Å². The second-order valence-corrected chi connectivity index (χ2v) is 5.61. The third-order valence-corrected chi connectivity index (χ3v) is 3.81. The Balaban J connectivity index is 1.50. The van der Waals surface area contributed by atoms with Gasteiger partial charge in [-0.25, -0.2) is 0 Å². The third-order valence-electron chi connectivity index (χ3n) is 3.81. The molecule has 0 spiro atoms. The van der Waals surface area contributed by atoms with E-state index in [1.807, 2.05) is 0 Å². The Morgan fingerprint density at radius 3 is 1.89 bits per heavy atom.